The highest BCUT2D eigenvalue weighted by molar-refractivity contribution is 5.97. The van der Waals surface area contributed by atoms with Crippen LogP contribution in [0.15, 0.2) is 48.5 Å². The highest BCUT2D eigenvalue weighted by atomic mass is 16.5. The van der Waals surface area contributed by atoms with Gasteiger partial charge in [0.15, 0.2) is 5.78 Å². The van der Waals surface area contributed by atoms with Gasteiger partial charge in [0, 0.05) is 17.7 Å². The number of hydrogen-bond donors (Lipinski definition) is 0. The summed E-state index contributed by atoms with van der Waals surface area (Å²) < 4.78 is 16.0. The van der Waals surface area contributed by atoms with Gasteiger partial charge < -0.3 is 19.1 Å². The number of rotatable bonds is 7. The molecule has 0 saturated carbocycles. The van der Waals surface area contributed by atoms with Crippen LogP contribution in [0.25, 0.3) is 0 Å². The van der Waals surface area contributed by atoms with Crippen LogP contribution in [0.2, 0.25) is 0 Å². The number of ether oxygens (including phenoxy) is 3. The number of carbonyl (C=O) groups excluding carboxylic acids is 3. The maximum Gasteiger partial charge on any atom is 0.311 e. The minimum atomic E-state index is -0.638. The van der Waals surface area contributed by atoms with E-state index in [0.717, 1.165) is 0 Å². The van der Waals surface area contributed by atoms with Gasteiger partial charge in [0.2, 0.25) is 5.91 Å². The van der Waals surface area contributed by atoms with Crippen LogP contribution < -0.4 is 14.4 Å². The molecule has 1 fully saturated rings. The molecule has 0 radical (unpaired) electrons. The Morgan fingerprint density at radius 3 is 2.37 bits per heavy atom. The molecular weight excluding hydrogens is 386 g/mol. The van der Waals surface area contributed by atoms with Gasteiger partial charge in [0.1, 0.15) is 18.1 Å². The number of amides is 1. The third-order valence-electron chi connectivity index (χ3n) is 5.13. The van der Waals surface area contributed by atoms with Gasteiger partial charge in [0.25, 0.3) is 0 Å². The second-order valence-corrected chi connectivity index (χ2v) is 7.10. The number of carbonyl (C=O) groups is 3. The van der Waals surface area contributed by atoms with Crippen LogP contribution in [-0.4, -0.2) is 38.5 Å². The van der Waals surface area contributed by atoms with Gasteiger partial charge in [-0.1, -0.05) is 18.2 Å². The number of hydrogen-bond acceptors (Lipinski definition) is 6. The summed E-state index contributed by atoms with van der Waals surface area (Å²) in [7, 11) is 3.12. The first-order valence-corrected chi connectivity index (χ1v) is 9.71. The fourth-order valence-electron chi connectivity index (χ4n) is 3.73. The van der Waals surface area contributed by atoms with E-state index in [2.05, 4.69) is 0 Å². The summed E-state index contributed by atoms with van der Waals surface area (Å²) in [5, 5.41) is 0. The Bertz CT molecular complexity index is 924. The molecule has 1 saturated heterocycles. The zero-order valence-corrected chi connectivity index (χ0v) is 17.3. The Balaban J connectivity index is 2.07. The average Bonchev–Trinajstić information content (AvgIpc) is 2.77. The minimum Gasteiger partial charge on any atom is -0.497 e. The van der Waals surface area contributed by atoms with Gasteiger partial charge in [-0.3, -0.25) is 14.4 Å². The van der Waals surface area contributed by atoms with E-state index in [1.165, 1.54) is 6.92 Å². The van der Waals surface area contributed by atoms with Gasteiger partial charge in [-0.2, -0.15) is 0 Å². The first-order valence-electron chi connectivity index (χ1n) is 9.71. The van der Waals surface area contributed by atoms with Crippen molar-refractivity contribution in [1.82, 2.24) is 0 Å². The zero-order valence-electron chi connectivity index (χ0n) is 17.3. The van der Waals surface area contributed by atoms with E-state index in [1.807, 2.05) is 18.2 Å². The Labute approximate surface area is 175 Å². The van der Waals surface area contributed by atoms with E-state index in [-0.39, 0.29) is 24.7 Å². The fraction of sp³-hybridized carbons (Fsp3) is 0.348. The molecule has 2 unspecified atom stereocenters. The van der Waals surface area contributed by atoms with Crippen LogP contribution in [0.4, 0.5) is 5.69 Å². The molecule has 0 N–H and O–H groups in total. The van der Waals surface area contributed by atoms with E-state index in [9.17, 15) is 14.4 Å². The highest BCUT2D eigenvalue weighted by Gasteiger charge is 2.43. The summed E-state index contributed by atoms with van der Waals surface area (Å²) in [5.74, 6) is -0.259. The molecule has 2 aromatic carbocycles. The van der Waals surface area contributed by atoms with E-state index in [0.29, 0.717) is 29.2 Å². The molecule has 2 aromatic rings. The summed E-state index contributed by atoms with van der Waals surface area (Å²) in [6, 6.07) is 13.7. The largest absolute Gasteiger partial charge is 0.497 e. The van der Waals surface area contributed by atoms with Crippen molar-refractivity contribution in [2.24, 2.45) is 5.92 Å². The molecule has 3 rings (SSSR count). The van der Waals surface area contributed by atoms with Crippen molar-refractivity contribution in [2.75, 3.05) is 25.7 Å². The van der Waals surface area contributed by atoms with E-state index in [1.54, 1.807) is 49.5 Å². The maximum absolute atomic E-state index is 13.0. The number of para-hydroxylation sites is 1. The van der Waals surface area contributed by atoms with Crippen LogP contribution >= 0.6 is 0 Å². The van der Waals surface area contributed by atoms with Gasteiger partial charge >= 0.3 is 5.97 Å². The lowest BCUT2D eigenvalue weighted by Crippen LogP contribution is -2.46. The summed E-state index contributed by atoms with van der Waals surface area (Å²) in [6.07, 6.45) is 0.516. The highest BCUT2D eigenvalue weighted by Crippen LogP contribution is 2.43. The fourth-order valence-corrected chi connectivity index (χ4v) is 3.73. The Morgan fingerprint density at radius 2 is 1.73 bits per heavy atom. The van der Waals surface area contributed by atoms with Crippen LogP contribution in [0, 0.1) is 5.92 Å². The van der Waals surface area contributed by atoms with Crippen LogP contribution in [-0.2, 0) is 19.1 Å². The van der Waals surface area contributed by atoms with Crippen molar-refractivity contribution in [3.8, 4) is 11.5 Å². The summed E-state index contributed by atoms with van der Waals surface area (Å²) in [6.45, 7) is 1.07. The molecule has 30 heavy (non-hydrogen) atoms. The first kappa shape index (κ1) is 21.4. The minimum absolute atomic E-state index is 0.105. The molecule has 1 amide bonds. The van der Waals surface area contributed by atoms with Gasteiger partial charge in [-0.15, -0.1) is 0 Å². The molecule has 0 aliphatic carbocycles. The summed E-state index contributed by atoms with van der Waals surface area (Å²) in [4.78, 5) is 38.8. The number of piperidine rings is 1. The van der Waals surface area contributed by atoms with E-state index in [4.69, 9.17) is 14.2 Å². The molecule has 7 heteroatoms. The monoisotopic (exact) mass is 411 g/mol. The van der Waals surface area contributed by atoms with Crippen LogP contribution in [0.3, 0.4) is 0 Å². The van der Waals surface area contributed by atoms with Gasteiger partial charge in [0.05, 0.1) is 26.2 Å². The predicted octanol–water partition coefficient (Wildman–Crippen LogP) is 3.32. The number of ketones is 1. The van der Waals surface area contributed by atoms with Crippen molar-refractivity contribution < 1.29 is 28.6 Å². The second-order valence-electron chi connectivity index (χ2n) is 7.10. The number of methoxy groups -OCH3 is 2. The van der Waals surface area contributed by atoms with Crippen LogP contribution in [0.5, 0.6) is 11.5 Å². The topological polar surface area (TPSA) is 82.1 Å². The van der Waals surface area contributed by atoms with Crippen LogP contribution in [0.1, 0.15) is 31.4 Å². The number of anilines is 1. The molecule has 0 aromatic heterocycles. The second kappa shape index (κ2) is 9.43. The van der Waals surface area contributed by atoms with Crippen molar-refractivity contribution in [3.05, 3.63) is 54.1 Å². The van der Waals surface area contributed by atoms with Crippen molar-refractivity contribution in [3.63, 3.8) is 0 Å². The number of Topliss-reactive ketones (excluding diaryl/α,β-unsaturated/α-hetero) is 1. The molecular formula is C23H25NO6. The molecule has 158 valence electrons. The lowest BCUT2D eigenvalue weighted by molar-refractivity contribution is -0.153. The Morgan fingerprint density at radius 1 is 1.03 bits per heavy atom. The first-order chi connectivity index (χ1) is 14.5. The summed E-state index contributed by atoms with van der Waals surface area (Å²) in [5.41, 5.74) is 1.34. The molecule has 2 atom stereocenters. The van der Waals surface area contributed by atoms with Gasteiger partial charge in [-0.25, -0.2) is 0 Å². The third-order valence-corrected chi connectivity index (χ3v) is 5.13. The summed E-state index contributed by atoms with van der Waals surface area (Å²) >= 11 is 0. The standard InChI is InChI=1S/C23H25NO6/c1-15(25)14-30-23(27)19-12-13-21(26)24(16-8-10-17(28-2)11-9-16)22(19)18-6-4-5-7-20(18)29-3/h4-11,19,22H,12-14H2,1-3H3. The quantitative estimate of drug-likeness (QED) is 0.650. The van der Waals surface area contributed by atoms with Crippen molar-refractivity contribution >= 4 is 23.3 Å². The van der Waals surface area contributed by atoms with Gasteiger partial charge in [-0.05, 0) is 43.7 Å². The van der Waals surface area contributed by atoms with E-state index < -0.39 is 17.9 Å². The van der Waals surface area contributed by atoms with Crippen molar-refractivity contribution in [2.45, 2.75) is 25.8 Å². The predicted molar refractivity (Wildman–Crippen MR) is 111 cm³/mol. The number of esters is 1. The lowest BCUT2D eigenvalue weighted by Gasteiger charge is -2.40. The lowest BCUT2D eigenvalue weighted by atomic mass is 9.83. The van der Waals surface area contributed by atoms with Crippen molar-refractivity contribution in [1.29, 1.82) is 0 Å². The SMILES string of the molecule is COc1ccc(N2C(=O)CCC(C(=O)OCC(C)=O)C2c2ccccc2OC)cc1. The number of benzene rings is 2. The Hall–Kier alpha value is -3.35. The molecule has 1 aliphatic heterocycles. The molecule has 7 nitrogen and oxygen atoms in total. The normalized spacial score (nSPS) is 18.6. The number of nitrogens with zero attached hydrogens (tertiary/aromatic N) is 1. The Kier molecular flexibility index (Phi) is 6.72. The molecule has 0 bridgehead atoms. The average molecular weight is 411 g/mol. The smallest absolute Gasteiger partial charge is 0.311 e. The zero-order chi connectivity index (χ0) is 21.7. The third kappa shape index (κ3) is 4.45. The molecule has 1 heterocycles. The molecule has 1 aliphatic rings. The maximum atomic E-state index is 13.0. The molecule has 0 spiro atoms. The van der Waals surface area contributed by atoms with E-state index >= 15 is 0 Å².